The number of aliphatic imine (C=N–C) groups is 1. The summed E-state index contributed by atoms with van der Waals surface area (Å²) in [5, 5.41) is 0. The number of guanidine groups is 1. The Labute approximate surface area is 178 Å². The van der Waals surface area contributed by atoms with Crippen LogP contribution in [0.1, 0.15) is 119 Å². The average Bonchev–Trinajstić information content (AvgIpc) is 2.72. The van der Waals surface area contributed by atoms with Crippen LogP contribution in [-0.4, -0.2) is 54.6 Å². The quantitative estimate of drug-likeness (QED) is 0.103. The molecule has 0 aliphatic heterocycles. The fourth-order valence-electron chi connectivity index (χ4n) is 3.91. The highest BCUT2D eigenvalue weighted by molar-refractivity contribution is 5.73. The molecule has 0 saturated heterocycles. The molecule has 0 aromatic heterocycles. The van der Waals surface area contributed by atoms with Gasteiger partial charge in [-0.2, -0.15) is 0 Å². The Bertz CT molecular complexity index is 335. The zero-order chi connectivity index (χ0) is 21.1. The van der Waals surface area contributed by atoms with Crippen LogP contribution >= 0.6 is 0 Å². The van der Waals surface area contributed by atoms with Crippen molar-refractivity contribution in [3.05, 3.63) is 0 Å². The highest BCUT2D eigenvalue weighted by Crippen LogP contribution is 2.20. The van der Waals surface area contributed by atoms with Gasteiger partial charge < -0.3 is 4.90 Å². The molecule has 0 atom stereocenters. The van der Waals surface area contributed by atoms with Crippen molar-refractivity contribution >= 4 is 5.96 Å². The maximum atomic E-state index is 5.37. The Morgan fingerprint density at radius 2 is 0.964 bits per heavy atom. The van der Waals surface area contributed by atoms with Crippen LogP contribution in [0.4, 0.5) is 0 Å². The third-order valence-corrected chi connectivity index (χ3v) is 5.85. The minimum atomic E-state index is 1.00. The SMILES string of the molecule is CCCCN=C(N(CCCC)CCCC)[N+](CCCC)(CCCC)CCCC. The molecule has 0 aromatic rings. The van der Waals surface area contributed by atoms with Gasteiger partial charge in [-0.25, -0.2) is 4.99 Å². The van der Waals surface area contributed by atoms with Crippen molar-refractivity contribution in [3.8, 4) is 0 Å². The van der Waals surface area contributed by atoms with Gasteiger partial charge in [0.05, 0.1) is 19.6 Å². The number of nitrogens with zero attached hydrogens (tertiary/aromatic N) is 3. The van der Waals surface area contributed by atoms with E-state index >= 15 is 0 Å². The van der Waals surface area contributed by atoms with Gasteiger partial charge in [0, 0.05) is 19.6 Å². The van der Waals surface area contributed by atoms with Crippen molar-refractivity contribution in [3.63, 3.8) is 0 Å². The van der Waals surface area contributed by atoms with E-state index in [1.165, 1.54) is 116 Å². The molecule has 3 nitrogen and oxygen atoms in total. The van der Waals surface area contributed by atoms with Crippen LogP contribution in [0.2, 0.25) is 0 Å². The van der Waals surface area contributed by atoms with Gasteiger partial charge in [-0.15, -0.1) is 0 Å². The number of unbranched alkanes of at least 4 members (excludes halogenated alkanes) is 6. The van der Waals surface area contributed by atoms with Crippen LogP contribution in [-0.2, 0) is 0 Å². The second-order valence-corrected chi connectivity index (χ2v) is 8.61. The first kappa shape index (κ1) is 27.4. The number of hydrogen-bond donors (Lipinski definition) is 0. The molecule has 0 radical (unpaired) electrons. The lowest BCUT2D eigenvalue weighted by Gasteiger charge is -2.43. The Morgan fingerprint density at radius 3 is 1.32 bits per heavy atom. The molecule has 168 valence electrons. The molecule has 0 unspecified atom stereocenters. The van der Waals surface area contributed by atoms with Gasteiger partial charge in [0.25, 0.3) is 5.96 Å². The van der Waals surface area contributed by atoms with Crippen LogP contribution in [0, 0.1) is 0 Å². The van der Waals surface area contributed by atoms with Crippen LogP contribution in [0.15, 0.2) is 4.99 Å². The fourth-order valence-corrected chi connectivity index (χ4v) is 3.91. The van der Waals surface area contributed by atoms with Crippen LogP contribution in [0.3, 0.4) is 0 Å². The van der Waals surface area contributed by atoms with E-state index in [9.17, 15) is 0 Å². The zero-order valence-corrected chi connectivity index (χ0v) is 20.6. The second-order valence-electron chi connectivity index (χ2n) is 8.61. The van der Waals surface area contributed by atoms with Gasteiger partial charge in [-0.1, -0.05) is 80.1 Å². The Morgan fingerprint density at radius 1 is 0.571 bits per heavy atom. The predicted octanol–water partition coefficient (Wildman–Crippen LogP) is 7.26. The van der Waals surface area contributed by atoms with Crippen LogP contribution in [0.5, 0.6) is 0 Å². The van der Waals surface area contributed by atoms with Crippen molar-refractivity contribution in [2.45, 2.75) is 119 Å². The lowest BCUT2D eigenvalue weighted by molar-refractivity contribution is -0.848. The lowest BCUT2D eigenvalue weighted by Crippen LogP contribution is -2.61. The summed E-state index contributed by atoms with van der Waals surface area (Å²) in [6.07, 6.45) is 15.3. The second kappa shape index (κ2) is 18.5. The molecular formula is C25H54N3+. The van der Waals surface area contributed by atoms with E-state index in [1.54, 1.807) is 0 Å². The average molecular weight is 397 g/mol. The monoisotopic (exact) mass is 396 g/mol. The maximum Gasteiger partial charge on any atom is 0.300 e. The molecule has 0 N–H and O–H groups in total. The Kier molecular flexibility index (Phi) is 18.1. The van der Waals surface area contributed by atoms with E-state index in [4.69, 9.17) is 4.99 Å². The van der Waals surface area contributed by atoms with Gasteiger partial charge >= 0.3 is 0 Å². The van der Waals surface area contributed by atoms with Gasteiger partial charge in [-0.3, -0.25) is 4.48 Å². The molecule has 0 saturated carbocycles. The highest BCUT2D eigenvalue weighted by Gasteiger charge is 2.36. The molecule has 0 rings (SSSR count). The molecular weight excluding hydrogens is 342 g/mol. The van der Waals surface area contributed by atoms with Crippen molar-refractivity contribution in [1.82, 2.24) is 4.90 Å². The minimum absolute atomic E-state index is 1.00. The third-order valence-electron chi connectivity index (χ3n) is 5.85. The summed E-state index contributed by atoms with van der Waals surface area (Å²) < 4.78 is 1.15. The minimum Gasteiger partial charge on any atom is -0.311 e. The van der Waals surface area contributed by atoms with Gasteiger partial charge in [0.15, 0.2) is 0 Å². The fraction of sp³-hybridized carbons (Fsp3) is 0.960. The van der Waals surface area contributed by atoms with Crippen LogP contribution < -0.4 is 0 Å². The van der Waals surface area contributed by atoms with Crippen molar-refractivity contribution in [2.75, 3.05) is 39.3 Å². The topological polar surface area (TPSA) is 15.6 Å². The molecule has 3 heteroatoms. The first-order chi connectivity index (χ1) is 13.7. The summed E-state index contributed by atoms with van der Waals surface area (Å²) >= 11 is 0. The molecule has 0 amide bonds. The van der Waals surface area contributed by atoms with Gasteiger partial charge in [0.1, 0.15) is 0 Å². The van der Waals surface area contributed by atoms with Gasteiger partial charge in [-0.05, 0) is 38.5 Å². The molecule has 0 spiro atoms. The van der Waals surface area contributed by atoms with E-state index in [2.05, 4.69) is 46.4 Å². The standard InChI is InChI=1S/C25H54N3/c1-7-13-19-26-25(27(20-14-8-2)21-15-9-3)28(22-16-10-4,23-17-11-5)24-18-12-6/h7-24H2,1-6H3/q+1. The number of rotatable bonds is 18. The Hall–Kier alpha value is -0.570. The van der Waals surface area contributed by atoms with Crippen LogP contribution in [0.25, 0.3) is 0 Å². The molecule has 0 aromatic carbocycles. The van der Waals surface area contributed by atoms with Crippen molar-refractivity contribution in [1.29, 1.82) is 0 Å². The summed E-state index contributed by atoms with van der Waals surface area (Å²) in [6.45, 7) is 21.1. The van der Waals surface area contributed by atoms with E-state index in [1.807, 2.05) is 0 Å². The summed E-state index contributed by atoms with van der Waals surface area (Å²) in [6, 6.07) is 0. The normalized spacial score (nSPS) is 12.6. The zero-order valence-electron chi connectivity index (χ0n) is 20.6. The largest absolute Gasteiger partial charge is 0.311 e. The summed E-state index contributed by atoms with van der Waals surface area (Å²) in [4.78, 5) is 8.08. The van der Waals surface area contributed by atoms with E-state index in [0.717, 1.165) is 11.0 Å². The third kappa shape index (κ3) is 10.8. The summed E-state index contributed by atoms with van der Waals surface area (Å²) in [5.74, 6) is 1.45. The predicted molar refractivity (Wildman–Crippen MR) is 128 cm³/mol. The van der Waals surface area contributed by atoms with E-state index in [-0.39, 0.29) is 0 Å². The van der Waals surface area contributed by atoms with Crippen molar-refractivity contribution < 1.29 is 4.48 Å². The number of quaternary nitrogens is 1. The summed E-state index contributed by atoms with van der Waals surface area (Å²) in [7, 11) is 0. The molecule has 0 aliphatic carbocycles. The molecule has 0 fully saturated rings. The van der Waals surface area contributed by atoms with E-state index < -0.39 is 0 Å². The molecule has 28 heavy (non-hydrogen) atoms. The Balaban J connectivity index is 5.98. The van der Waals surface area contributed by atoms with E-state index in [0.29, 0.717) is 0 Å². The first-order valence-electron chi connectivity index (χ1n) is 12.8. The summed E-state index contributed by atoms with van der Waals surface area (Å²) in [5.41, 5.74) is 0. The highest BCUT2D eigenvalue weighted by atomic mass is 15.5. The van der Waals surface area contributed by atoms with Crippen molar-refractivity contribution in [2.24, 2.45) is 4.99 Å². The first-order valence-corrected chi connectivity index (χ1v) is 12.8. The molecule has 0 heterocycles. The maximum absolute atomic E-state index is 5.37. The molecule has 0 bridgehead atoms. The molecule has 0 aliphatic rings. The smallest absolute Gasteiger partial charge is 0.300 e. The van der Waals surface area contributed by atoms with Gasteiger partial charge in [0.2, 0.25) is 0 Å². The lowest BCUT2D eigenvalue weighted by atomic mass is 10.1. The number of hydrogen-bond acceptors (Lipinski definition) is 1.